The van der Waals surface area contributed by atoms with E-state index >= 15 is 0 Å². The van der Waals surface area contributed by atoms with Crippen LogP contribution in [0.25, 0.3) is 0 Å². The van der Waals surface area contributed by atoms with E-state index in [1.54, 1.807) is 6.08 Å². The van der Waals surface area contributed by atoms with Gasteiger partial charge < -0.3 is 0 Å². The Kier molecular flexibility index (Phi) is 10.7. The molecule has 0 heterocycles. The highest BCUT2D eigenvalue weighted by Gasteiger charge is 1.93. The predicted octanol–water partition coefficient (Wildman–Crippen LogP) is 6.35. The highest BCUT2D eigenvalue weighted by molar-refractivity contribution is 5.65. The highest BCUT2D eigenvalue weighted by atomic mass is 16.1. The summed E-state index contributed by atoms with van der Waals surface area (Å²) in [7, 11) is 0. The lowest BCUT2D eigenvalue weighted by atomic mass is 10.0. The van der Waals surface area contributed by atoms with Gasteiger partial charge in [-0.2, -0.15) is 0 Å². The molecule has 1 heteroatoms. The number of carbonyl (C=O) groups is 1. The quantitative estimate of drug-likeness (QED) is 0.327. The van der Waals surface area contributed by atoms with Gasteiger partial charge in [-0.05, 0) is 63.7 Å². The van der Waals surface area contributed by atoms with Gasteiger partial charge in [0.2, 0.25) is 0 Å². The minimum Gasteiger partial charge on any atom is -0.299 e. The van der Waals surface area contributed by atoms with Crippen molar-refractivity contribution in [3.05, 3.63) is 95.1 Å². The Morgan fingerprint density at radius 2 is 1.28 bits per heavy atom. The van der Waals surface area contributed by atoms with Crippen LogP contribution >= 0.6 is 0 Å². The Labute approximate surface area is 153 Å². The number of allylic oxidation sites excluding steroid dienone is 4. The molecule has 2 aromatic carbocycles. The zero-order valence-electron chi connectivity index (χ0n) is 15.7. The summed E-state index contributed by atoms with van der Waals surface area (Å²) in [5.74, 6) is 0. The molecule has 2 rings (SSSR count). The van der Waals surface area contributed by atoms with Gasteiger partial charge in [-0.15, -0.1) is 0 Å². The molecule has 0 N–H and O–H groups in total. The van der Waals surface area contributed by atoms with Crippen LogP contribution < -0.4 is 0 Å². The van der Waals surface area contributed by atoms with E-state index in [1.165, 1.54) is 16.7 Å². The zero-order chi connectivity index (χ0) is 18.3. The first-order valence-electron chi connectivity index (χ1n) is 8.94. The van der Waals surface area contributed by atoms with E-state index in [0.29, 0.717) is 0 Å². The van der Waals surface area contributed by atoms with Gasteiger partial charge in [0.05, 0.1) is 0 Å². The summed E-state index contributed by atoms with van der Waals surface area (Å²) < 4.78 is 0. The van der Waals surface area contributed by atoms with Crippen LogP contribution in [0.5, 0.6) is 0 Å². The van der Waals surface area contributed by atoms with Crippen molar-refractivity contribution in [3.8, 4) is 0 Å². The molecule has 0 aliphatic rings. The van der Waals surface area contributed by atoms with E-state index in [1.807, 2.05) is 6.92 Å². The summed E-state index contributed by atoms with van der Waals surface area (Å²) in [6.45, 7) is 6.14. The van der Waals surface area contributed by atoms with Gasteiger partial charge in [0.25, 0.3) is 0 Å². The zero-order valence-corrected chi connectivity index (χ0v) is 15.7. The van der Waals surface area contributed by atoms with Gasteiger partial charge >= 0.3 is 0 Å². The molecule has 0 aliphatic carbocycles. The Bertz CT molecular complexity index is 608. The lowest BCUT2D eigenvalue weighted by molar-refractivity contribution is -0.104. The molecule has 0 atom stereocenters. The molecule has 25 heavy (non-hydrogen) atoms. The molecule has 1 nitrogen and oxygen atoms in total. The maximum atomic E-state index is 10.0. The van der Waals surface area contributed by atoms with Crippen LogP contribution in [0.2, 0.25) is 0 Å². The first-order chi connectivity index (χ1) is 12.1. The number of hydrogen-bond acceptors (Lipinski definition) is 1. The molecule has 2 aromatic rings. The summed E-state index contributed by atoms with van der Waals surface area (Å²) >= 11 is 0. The van der Waals surface area contributed by atoms with Gasteiger partial charge in [0.1, 0.15) is 6.29 Å². The molecule has 0 amide bonds. The van der Waals surface area contributed by atoms with Gasteiger partial charge in [-0.25, -0.2) is 0 Å². The maximum Gasteiger partial charge on any atom is 0.142 e. The number of aryl methyl sites for hydroxylation is 2. The van der Waals surface area contributed by atoms with Gasteiger partial charge in [-0.3, -0.25) is 4.79 Å². The lowest BCUT2D eigenvalue weighted by Gasteiger charge is -2.01. The van der Waals surface area contributed by atoms with Crippen LogP contribution in [0.15, 0.2) is 84.0 Å². The Morgan fingerprint density at radius 1 is 0.800 bits per heavy atom. The third kappa shape index (κ3) is 10.9. The van der Waals surface area contributed by atoms with E-state index in [2.05, 4.69) is 80.6 Å². The van der Waals surface area contributed by atoms with Crippen molar-refractivity contribution in [1.82, 2.24) is 0 Å². The van der Waals surface area contributed by atoms with Crippen molar-refractivity contribution < 1.29 is 4.79 Å². The SMILES string of the molecule is CC(C)=CCC/C(C)=C/C=O.c1ccc(CCc2ccccc2)cc1. The molecular formula is C24H30O. The van der Waals surface area contributed by atoms with Crippen molar-refractivity contribution in [2.75, 3.05) is 0 Å². The largest absolute Gasteiger partial charge is 0.299 e. The lowest BCUT2D eigenvalue weighted by Crippen LogP contribution is -1.89. The van der Waals surface area contributed by atoms with Gasteiger partial charge in [0.15, 0.2) is 0 Å². The third-order valence-electron chi connectivity index (χ3n) is 3.83. The van der Waals surface area contributed by atoms with Crippen LogP contribution in [0.4, 0.5) is 0 Å². The molecule has 132 valence electrons. The van der Waals surface area contributed by atoms with Gasteiger partial charge in [0, 0.05) is 0 Å². The molecule has 0 fully saturated rings. The van der Waals surface area contributed by atoms with E-state index in [4.69, 9.17) is 0 Å². The molecule has 0 aliphatic heterocycles. The molecule has 0 aromatic heterocycles. The highest BCUT2D eigenvalue weighted by Crippen LogP contribution is 2.06. The van der Waals surface area contributed by atoms with Gasteiger partial charge in [-0.1, -0.05) is 77.9 Å². The molecular weight excluding hydrogens is 304 g/mol. The molecule has 0 bridgehead atoms. The third-order valence-corrected chi connectivity index (χ3v) is 3.83. The van der Waals surface area contributed by atoms with Crippen molar-refractivity contribution in [2.24, 2.45) is 0 Å². The van der Waals surface area contributed by atoms with E-state index in [0.717, 1.165) is 37.5 Å². The summed E-state index contributed by atoms with van der Waals surface area (Å²) in [5.41, 5.74) is 5.31. The second kappa shape index (κ2) is 12.9. The fourth-order valence-electron chi connectivity index (χ4n) is 2.37. The second-order valence-corrected chi connectivity index (χ2v) is 6.44. The molecule has 0 radical (unpaired) electrons. The van der Waals surface area contributed by atoms with Crippen molar-refractivity contribution in [2.45, 2.75) is 46.5 Å². The minimum absolute atomic E-state index is 0.845. The second-order valence-electron chi connectivity index (χ2n) is 6.44. The standard InChI is InChI=1S/C14H14.C10H16O/c1-3-7-13(8-4-1)11-12-14-9-5-2-6-10-14;1-9(2)5-4-6-10(3)7-8-11/h1-10H,11-12H2;5,7-8H,4,6H2,1-3H3/b;10-7+. The Morgan fingerprint density at radius 3 is 1.68 bits per heavy atom. The molecule has 0 spiro atoms. The van der Waals surface area contributed by atoms with E-state index in [-0.39, 0.29) is 0 Å². The monoisotopic (exact) mass is 334 g/mol. The van der Waals surface area contributed by atoms with Crippen LogP contribution in [-0.4, -0.2) is 6.29 Å². The Hall–Kier alpha value is -2.41. The number of hydrogen-bond donors (Lipinski definition) is 0. The Balaban J connectivity index is 0.000000260. The average molecular weight is 335 g/mol. The summed E-state index contributed by atoms with van der Waals surface area (Å²) in [6.07, 6.45) is 8.94. The molecule has 0 saturated carbocycles. The van der Waals surface area contributed by atoms with E-state index < -0.39 is 0 Å². The first-order valence-corrected chi connectivity index (χ1v) is 8.94. The van der Waals surface area contributed by atoms with Crippen LogP contribution in [0.1, 0.15) is 44.7 Å². The summed E-state index contributed by atoms with van der Waals surface area (Å²) in [5, 5.41) is 0. The van der Waals surface area contributed by atoms with Crippen LogP contribution in [0, 0.1) is 0 Å². The smallest absolute Gasteiger partial charge is 0.142 e. The first kappa shape index (κ1) is 20.6. The average Bonchev–Trinajstić information content (AvgIpc) is 2.62. The number of benzene rings is 2. The summed E-state index contributed by atoms with van der Waals surface area (Å²) in [4.78, 5) is 10.0. The number of carbonyl (C=O) groups excluding carboxylic acids is 1. The van der Waals surface area contributed by atoms with Crippen molar-refractivity contribution >= 4 is 6.29 Å². The van der Waals surface area contributed by atoms with E-state index in [9.17, 15) is 4.79 Å². The topological polar surface area (TPSA) is 17.1 Å². The number of aldehydes is 1. The van der Waals surface area contributed by atoms with Crippen molar-refractivity contribution in [1.29, 1.82) is 0 Å². The molecule has 0 saturated heterocycles. The predicted molar refractivity (Wildman–Crippen MR) is 109 cm³/mol. The van der Waals surface area contributed by atoms with Crippen LogP contribution in [0.3, 0.4) is 0 Å². The fourth-order valence-corrected chi connectivity index (χ4v) is 2.37. The van der Waals surface area contributed by atoms with Crippen molar-refractivity contribution in [3.63, 3.8) is 0 Å². The molecule has 0 unspecified atom stereocenters. The van der Waals surface area contributed by atoms with Crippen LogP contribution in [-0.2, 0) is 17.6 Å². The minimum atomic E-state index is 0.845. The number of rotatable bonds is 7. The fraction of sp³-hybridized carbons (Fsp3) is 0.292. The summed E-state index contributed by atoms with van der Waals surface area (Å²) in [6, 6.07) is 21.2. The normalized spacial score (nSPS) is 10.4. The maximum absolute atomic E-state index is 10.0.